The normalized spacial score (nSPS) is 9.78. The second kappa shape index (κ2) is 8.20. The van der Waals surface area contributed by atoms with Crippen LogP contribution in [-0.2, 0) is 0 Å². The zero-order valence-corrected chi connectivity index (χ0v) is 10.2. The summed E-state index contributed by atoms with van der Waals surface area (Å²) in [6.45, 7) is 0.827. The molecular weight excluding hydrogens is 230 g/mol. The summed E-state index contributed by atoms with van der Waals surface area (Å²) in [5.74, 6) is -0.221. The summed E-state index contributed by atoms with van der Waals surface area (Å²) < 4.78 is 0. The highest BCUT2D eigenvalue weighted by atomic mass is 16.2. The first-order chi connectivity index (χ1) is 8.77. The van der Waals surface area contributed by atoms with Crippen LogP contribution in [0.25, 0.3) is 0 Å². The molecule has 0 saturated heterocycles. The number of unbranched alkanes of at least 4 members (excludes halogenated alkanes) is 3. The van der Waals surface area contributed by atoms with E-state index in [1.807, 2.05) is 6.07 Å². The van der Waals surface area contributed by atoms with E-state index in [9.17, 15) is 4.79 Å². The molecular formula is C13H17N3O2. The first kappa shape index (κ1) is 14.1. The molecule has 1 rings (SSSR count). The van der Waals surface area contributed by atoms with Gasteiger partial charge in [-0.3, -0.25) is 4.79 Å². The molecule has 1 aromatic heterocycles. The molecule has 5 heteroatoms. The van der Waals surface area contributed by atoms with Gasteiger partial charge >= 0.3 is 0 Å². The monoisotopic (exact) mass is 247 g/mol. The minimum absolute atomic E-state index is 0.221. The first-order valence-electron chi connectivity index (χ1n) is 6.03. The van der Waals surface area contributed by atoms with E-state index in [4.69, 9.17) is 10.4 Å². The SMILES string of the molecule is N#Cc1ccc(C(=O)NCCCCCCO)nc1. The highest BCUT2D eigenvalue weighted by molar-refractivity contribution is 5.92. The molecule has 1 aromatic rings. The number of carbonyl (C=O) groups is 1. The molecule has 0 spiro atoms. The second-order valence-electron chi connectivity index (χ2n) is 3.94. The van der Waals surface area contributed by atoms with Gasteiger partial charge in [-0.2, -0.15) is 5.26 Å². The number of hydrogen-bond acceptors (Lipinski definition) is 4. The van der Waals surface area contributed by atoms with Crippen molar-refractivity contribution in [2.75, 3.05) is 13.2 Å². The molecule has 18 heavy (non-hydrogen) atoms. The predicted octanol–water partition coefficient (Wildman–Crippen LogP) is 1.24. The fraction of sp³-hybridized carbons (Fsp3) is 0.462. The van der Waals surface area contributed by atoms with E-state index in [1.165, 1.54) is 6.20 Å². The molecule has 0 aliphatic rings. The zero-order chi connectivity index (χ0) is 13.2. The van der Waals surface area contributed by atoms with Crippen LogP contribution < -0.4 is 5.32 Å². The van der Waals surface area contributed by atoms with Crippen LogP contribution in [0.4, 0.5) is 0 Å². The molecule has 0 unspecified atom stereocenters. The van der Waals surface area contributed by atoms with Gasteiger partial charge in [-0.1, -0.05) is 12.8 Å². The largest absolute Gasteiger partial charge is 0.396 e. The Labute approximate surface area is 106 Å². The summed E-state index contributed by atoms with van der Waals surface area (Å²) >= 11 is 0. The molecule has 0 fully saturated rings. The molecule has 96 valence electrons. The number of nitriles is 1. The van der Waals surface area contributed by atoms with E-state index in [2.05, 4.69) is 10.3 Å². The Morgan fingerprint density at radius 3 is 2.72 bits per heavy atom. The number of rotatable bonds is 7. The van der Waals surface area contributed by atoms with Gasteiger partial charge in [0.2, 0.25) is 0 Å². The Hall–Kier alpha value is -1.93. The molecule has 2 N–H and O–H groups in total. The summed E-state index contributed by atoms with van der Waals surface area (Å²) in [7, 11) is 0. The van der Waals surface area contributed by atoms with Gasteiger partial charge in [0.15, 0.2) is 0 Å². The van der Waals surface area contributed by atoms with Gasteiger partial charge in [0, 0.05) is 19.3 Å². The van der Waals surface area contributed by atoms with Crippen molar-refractivity contribution in [2.24, 2.45) is 0 Å². The molecule has 5 nitrogen and oxygen atoms in total. The molecule has 1 amide bonds. The molecule has 0 bridgehead atoms. The van der Waals surface area contributed by atoms with Crippen LogP contribution in [0.15, 0.2) is 18.3 Å². The smallest absolute Gasteiger partial charge is 0.269 e. The van der Waals surface area contributed by atoms with Crippen molar-refractivity contribution in [3.05, 3.63) is 29.6 Å². The van der Waals surface area contributed by atoms with E-state index in [-0.39, 0.29) is 12.5 Å². The van der Waals surface area contributed by atoms with Crippen LogP contribution in [0.3, 0.4) is 0 Å². The number of carbonyl (C=O) groups excluding carboxylic acids is 1. The van der Waals surface area contributed by atoms with Gasteiger partial charge < -0.3 is 10.4 Å². The average molecular weight is 247 g/mol. The minimum atomic E-state index is -0.221. The van der Waals surface area contributed by atoms with E-state index < -0.39 is 0 Å². The highest BCUT2D eigenvalue weighted by Crippen LogP contribution is 2.00. The van der Waals surface area contributed by atoms with Crippen LogP contribution in [0.2, 0.25) is 0 Å². The first-order valence-corrected chi connectivity index (χ1v) is 6.03. The van der Waals surface area contributed by atoms with Gasteiger partial charge in [-0.25, -0.2) is 4.98 Å². The number of aromatic nitrogens is 1. The van der Waals surface area contributed by atoms with Crippen LogP contribution in [-0.4, -0.2) is 29.1 Å². The Balaban J connectivity index is 2.26. The predicted molar refractivity (Wildman–Crippen MR) is 66.8 cm³/mol. The topological polar surface area (TPSA) is 86.0 Å². The standard InChI is InChI=1S/C13H17N3O2/c14-9-11-5-6-12(16-10-11)13(18)15-7-3-1-2-4-8-17/h5-6,10,17H,1-4,7-8H2,(H,15,18). The van der Waals surface area contributed by atoms with Crippen molar-refractivity contribution in [3.8, 4) is 6.07 Å². The van der Waals surface area contributed by atoms with Gasteiger partial charge in [0.05, 0.1) is 5.56 Å². The number of aliphatic hydroxyl groups excluding tert-OH is 1. The third-order valence-corrected chi connectivity index (χ3v) is 2.50. The fourth-order valence-electron chi connectivity index (χ4n) is 1.48. The van der Waals surface area contributed by atoms with Gasteiger partial charge in [0.1, 0.15) is 11.8 Å². The van der Waals surface area contributed by atoms with Crippen molar-refractivity contribution in [3.63, 3.8) is 0 Å². The number of aliphatic hydroxyl groups is 1. The van der Waals surface area contributed by atoms with Crippen molar-refractivity contribution < 1.29 is 9.90 Å². The van der Waals surface area contributed by atoms with Gasteiger partial charge in [-0.15, -0.1) is 0 Å². The lowest BCUT2D eigenvalue weighted by Crippen LogP contribution is -2.25. The van der Waals surface area contributed by atoms with Crippen molar-refractivity contribution in [1.82, 2.24) is 10.3 Å². The maximum absolute atomic E-state index is 11.6. The summed E-state index contributed by atoms with van der Waals surface area (Å²) in [6, 6.07) is 5.06. The van der Waals surface area contributed by atoms with E-state index >= 15 is 0 Å². The number of hydrogen-bond donors (Lipinski definition) is 2. The molecule has 0 aliphatic heterocycles. The molecule has 0 atom stereocenters. The third-order valence-electron chi connectivity index (χ3n) is 2.50. The number of nitrogens with one attached hydrogen (secondary N) is 1. The molecule has 0 aliphatic carbocycles. The van der Waals surface area contributed by atoms with Crippen molar-refractivity contribution in [2.45, 2.75) is 25.7 Å². The Morgan fingerprint density at radius 2 is 2.11 bits per heavy atom. The highest BCUT2D eigenvalue weighted by Gasteiger charge is 2.05. The van der Waals surface area contributed by atoms with Crippen LogP contribution in [0.1, 0.15) is 41.7 Å². The molecule has 1 heterocycles. The quantitative estimate of drug-likeness (QED) is 0.710. The van der Waals surface area contributed by atoms with E-state index in [0.29, 0.717) is 17.8 Å². The van der Waals surface area contributed by atoms with E-state index in [0.717, 1.165) is 25.7 Å². The Bertz CT molecular complexity index is 409. The molecule has 0 aromatic carbocycles. The Morgan fingerprint density at radius 1 is 1.33 bits per heavy atom. The lowest BCUT2D eigenvalue weighted by atomic mass is 10.2. The summed E-state index contributed by atoms with van der Waals surface area (Å²) in [6.07, 6.45) is 5.05. The van der Waals surface area contributed by atoms with Gasteiger partial charge in [-0.05, 0) is 25.0 Å². The lowest BCUT2D eigenvalue weighted by Gasteiger charge is -2.04. The molecule has 0 saturated carbocycles. The van der Waals surface area contributed by atoms with Crippen molar-refractivity contribution in [1.29, 1.82) is 5.26 Å². The zero-order valence-electron chi connectivity index (χ0n) is 10.2. The maximum Gasteiger partial charge on any atom is 0.269 e. The molecule has 0 radical (unpaired) electrons. The number of nitrogens with zero attached hydrogens (tertiary/aromatic N) is 2. The summed E-state index contributed by atoms with van der Waals surface area (Å²) in [5, 5.41) is 20.0. The third kappa shape index (κ3) is 4.93. The van der Waals surface area contributed by atoms with E-state index in [1.54, 1.807) is 12.1 Å². The Kier molecular flexibility index (Phi) is 6.44. The summed E-state index contributed by atoms with van der Waals surface area (Å²) in [5.41, 5.74) is 0.764. The lowest BCUT2D eigenvalue weighted by molar-refractivity contribution is 0.0948. The minimum Gasteiger partial charge on any atom is -0.396 e. The van der Waals surface area contributed by atoms with Crippen LogP contribution in [0, 0.1) is 11.3 Å². The fourth-order valence-corrected chi connectivity index (χ4v) is 1.48. The van der Waals surface area contributed by atoms with Crippen LogP contribution in [0.5, 0.6) is 0 Å². The number of amides is 1. The number of pyridine rings is 1. The summed E-state index contributed by atoms with van der Waals surface area (Å²) in [4.78, 5) is 15.5. The van der Waals surface area contributed by atoms with Crippen LogP contribution >= 0.6 is 0 Å². The van der Waals surface area contributed by atoms with Crippen molar-refractivity contribution >= 4 is 5.91 Å². The average Bonchev–Trinajstić information content (AvgIpc) is 2.42. The maximum atomic E-state index is 11.6. The second-order valence-corrected chi connectivity index (χ2v) is 3.94. The van der Waals surface area contributed by atoms with Gasteiger partial charge in [0.25, 0.3) is 5.91 Å².